The van der Waals surface area contributed by atoms with E-state index < -0.39 is 0 Å². The lowest BCUT2D eigenvalue weighted by molar-refractivity contribution is 0.0194. The van der Waals surface area contributed by atoms with Gasteiger partial charge in [0.15, 0.2) is 5.65 Å². The highest BCUT2D eigenvalue weighted by Gasteiger charge is 2.45. The summed E-state index contributed by atoms with van der Waals surface area (Å²) in [6, 6.07) is 0.920. The fraction of sp³-hybridized carbons (Fsp3) is 0.750. The van der Waals surface area contributed by atoms with E-state index in [1.807, 2.05) is 15.6 Å². The van der Waals surface area contributed by atoms with Crippen molar-refractivity contribution >= 4 is 23.6 Å². The van der Waals surface area contributed by atoms with Crippen LogP contribution in [0.2, 0.25) is 0 Å². The van der Waals surface area contributed by atoms with Crippen LogP contribution in [0.4, 0.5) is 16.7 Å². The Kier molecular flexibility index (Phi) is 6.13. The topological polar surface area (TPSA) is 118 Å². The lowest BCUT2D eigenvalue weighted by Crippen LogP contribution is -2.55. The molecule has 3 N–H and O–H groups in total. The van der Waals surface area contributed by atoms with E-state index in [-0.39, 0.29) is 30.3 Å². The zero-order valence-corrected chi connectivity index (χ0v) is 20.6. The van der Waals surface area contributed by atoms with E-state index in [4.69, 9.17) is 19.4 Å². The van der Waals surface area contributed by atoms with E-state index in [9.17, 15) is 4.79 Å². The van der Waals surface area contributed by atoms with Crippen molar-refractivity contribution in [2.45, 2.75) is 88.6 Å². The van der Waals surface area contributed by atoms with E-state index in [1.165, 1.54) is 0 Å². The molecule has 11 nitrogen and oxygen atoms in total. The van der Waals surface area contributed by atoms with Crippen LogP contribution < -0.4 is 16.0 Å². The Hall–Kier alpha value is -2.66. The maximum absolute atomic E-state index is 12.8. The van der Waals surface area contributed by atoms with E-state index in [2.05, 4.69) is 34.9 Å². The molecule has 2 bridgehead atoms. The van der Waals surface area contributed by atoms with Crippen molar-refractivity contribution in [3.63, 3.8) is 0 Å². The van der Waals surface area contributed by atoms with Gasteiger partial charge in [-0.05, 0) is 44.4 Å². The van der Waals surface area contributed by atoms with Gasteiger partial charge >= 0.3 is 6.09 Å². The Bertz CT molecular complexity index is 1050. The number of piperidine rings is 1. The smallest absolute Gasteiger partial charge is 0.410 e. The van der Waals surface area contributed by atoms with Gasteiger partial charge in [0.2, 0.25) is 11.9 Å². The van der Waals surface area contributed by atoms with Gasteiger partial charge in [-0.25, -0.2) is 4.79 Å². The summed E-state index contributed by atoms with van der Waals surface area (Å²) in [5.41, 5.74) is 1.94. The maximum Gasteiger partial charge on any atom is 0.410 e. The van der Waals surface area contributed by atoms with Crippen molar-refractivity contribution in [3.8, 4) is 0 Å². The number of aromatic nitrogens is 4. The quantitative estimate of drug-likeness (QED) is 0.568. The second-order valence-corrected chi connectivity index (χ2v) is 10.7. The average molecular weight is 485 g/mol. The van der Waals surface area contributed by atoms with E-state index >= 15 is 0 Å². The van der Waals surface area contributed by atoms with Crippen molar-refractivity contribution < 1.29 is 14.3 Å². The molecule has 6 rings (SSSR count). The summed E-state index contributed by atoms with van der Waals surface area (Å²) in [5.74, 6) is 1.65. The number of carbonyl (C=O) groups excluding carboxylic acids is 1. The number of nitrogens with zero attached hydrogens (tertiary/aromatic N) is 5. The van der Waals surface area contributed by atoms with Crippen LogP contribution in [0.5, 0.6) is 0 Å². The highest BCUT2D eigenvalue weighted by Crippen LogP contribution is 2.37. The first kappa shape index (κ1) is 22.8. The molecule has 4 aliphatic heterocycles. The van der Waals surface area contributed by atoms with Gasteiger partial charge in [-0.3, -0.25) is 0 Å². The number of anilines is 2. The highest BCUT2D eigenvalue weighted by molar-refractivity contribution is 5.69. The van der Waals surface area contributed by atoms with Crippen LogP contribution in [0.3, 0.4) is 0 Å². The predicted octanol–water partition coefficient (Wildman–Crippen LogP) is 2.35. The molecule has 190 valence electrons. The molecule has 4 saturated heterocycles. The molecule has 6 heterocycles. The van der Waals surface area contributed by atoms with Crippen LogP contribution >= 0.6 is 0 Å². The first-order valence-corrected chi connectivity index (χ1v) is 13.1. The van der Waals surface area contributed by atoms with Gasteiger partial charge in [0.25, 0.3) is 0 Å². The third kappa shape index (κ3) is 4.51. The van der Waals surface area contributed by atoms with Crippen LogP contribution in [0.1, 0.15) is 63.9 Å². The second kappa shape index (κ2) is 9.42. The van der Waals surface area contributed by atoms with Crippen LogP contribution in [-0.4, -0.2) is 87.1 Å². The zero-order valence-electron chi connectivity index (χ0n) is 20.6. The van der Waals surface area contributed by atoms with E-state index in [0.717, 1.165) is 76.0 Å². The van der Waals surface area contributed by atoms with Crippen LogP contribution in [0, 0.1) is 0 Å². The Balaban J connectivity index is 1.21. The van der Waals surface area contributed by atoms with Crippen molar-refractivity contribution in [1.82, 2.24) is 29.8 Å². The lowest BCUT2D eigenvalue weighted by atomic mass is 9.98. The zero-order chi connectivity index (χ0) is 23.9. The number of nitrogens with one attached hydrogen (secondary N) is 3. The Morgan fingerprint density at radius 3 is 2.49 bits per heavy atom. The molecule has 4 aliphatic rings. The van der Waals surface area contributed by atoms with E-state index in [1.54, 1.807) is 0 Å². The maximum atomic E-state index is 12.8. The van der Waals surface area contributed by atoms with Crippen LogP contribution in [0.15, 0.2) is 6.20 Å². The molecule has 35 heavy (non-hydrogen) atoms. The van der Waals surface area contributed by atoms with Gasteiger partial charge in [-0.1, -0.05) is 13.8 Å². The third-order valence-corrected chi connectivity index (χ3v) is 7.86. The summed E-state index contributed by atoms with van der Waals surface area (Å²) >= 11 is 0. The van der Waals surface area contributed by atoms with Crippen molar-refractivity contribution in [3.05, 3.63) is 11.8 Å². The molecule has 0 aliphatic carbocycles. The molecule has 0 saturated carbocycles. The minimum Gasteiger partial charge on any atom is -0.443 e. The summed E-state index contributed by atoms with van der Waals surface area (Å²) in [5, 5.41) is 15.0. The Morgan fingerprint density at radius 1 is 1.09 bits per heavy atom. The summed E-state index contributed by atoms with van der Waals surface area (Å²) in [7, 11) is 0. The summed E-state index contributed by atoms with van der Waals surface area (Å²) < 4.78 is 13.0. The number of rotatable bonds is 6. The molecular formula is C24H36N8O3. The van der Waals surface area contributed by atoms with Crippen molar-refractivity contribution in [1.29, 1.82) is 0 Å². The summed E-state index contributed by atoms with van der Waals surface area (Å²) in [6.07, 6.45) is 7.46. The normalized spacial score (nSPS) is 27.3. The minimum atomic E-state index is -0.150. The summed E-state index contributed by atoms with van der Waals surface area (Å²) in [6.45, 7) is 7.35. The SMILES string of the molecule is CC(C)c1cnn2c(NC3CC4CCC(C3)N4C(=O)OC3CNC3)nc(NC3CCOCC3)nc12. The van der Waals surface area contributed by atoms with Gasteiger partial charge in [0, 0.05) is 56.0 Å². The predicted molar refractivity (Wildman–Crippen MR) is 131 cm³/mol. The number of hydrogen-bond acceptors (Lipinski definition) is 9. The Labute approximate surface area is 205 Å². The van der Waals surface area contributed by atoms with Crippen molar-refractivity contribution in [2.24, 2.45) is 0 Å². The lowest BCUT2D eigenvalue weighted by Gasteiger charge is -2.40. The number of fused-ring (bicyclic) bond motifs is 3. The first-order chi connectivity index (χ1) is 17.0. The number of carbonyl (C=O) groups is 1. The fourth-order valence-electron chi connectivity index (χ4n) is 5.81. The van der Waals surface area contributed by atoms with Gasteiger partial charge in [-0.15, -0.1) is 0 Å². The molecular weight excluding hydrogens is 448 g/mol. The van der Waals surface area contributed by atoms with Gasteiger partial charge < -0.3 is 30.3 Å². The molecule has 0 aromatic carbocycles. The Morgan fingerprint density at radius 2 is 1.83 bits per heavy atom. The monoisotopic (exact) mass is 484 g/mol. The van der Waals surface area contributed by atoms with Crippen LogP contribution in [0.25, 0.3) is 5.65 Å². The molecule has 2 atom stereocenters. The molecule has 2 unspecified atom stereocenters. The second-order valence-electron chi connectivity index (χ2n) is 10.7. The molecule has 2 aromatic rings. The third-order valence-electron chi connectivity index (χ3n) is 7.86. The molecule has 2 aromatic heterocycles. The number of ether oxygens (including phenoxy) is 2. The van der Waals surface area contributed by atoms with Gasteiger partial charge in [-0.2, -0.15) is 19.6 Å². The standard InChI is InChI=1S/C24H36N8O3/c1-14(2)20-13-26-32-21(20)29-22(27-15-5-7-34-8-6-15)30-23(32)28-16-9-17-3-4-18(10-16)31(17)24(33)35-19-11-25-12-19/h13-19,25H,3-12H2,1-2H3,(H2,27,28,29,30). The van der Waals surface area contributed by atoms with Crippen LogP contribution in [-0.2, 0) is 9.47 Å². The molecule has 0 spiro atoms. The number of amides is 1. The first-order valence-electron chi connectivity index (χ1n) is 13.1. The minimum absolute atomic E-state index is 0.0173. The van der Waals surface area contributed by atoms with E-state index in [0.29, 0.717) is 23.9 Å². The van der Waals surface area contributed by atoms with Crippen molar-refractivity contribution in [2.75, 3.05) is 36.9 Å². The molecule has 1 amide bonds. The van der Waals surface area contributed by atoms with Gasteiger partial charge in [0.05, 0.1) is 6.20 Å². The molecule has 4 fully saturated rings. The largest absolute Gasteiger partial charge is 0.443 e. The average Bonchev–Trinajstić information content (AvgIpc) is 3.36. The highest BCUT2D eigenvalue weighted by atomic mass is 16.6. The molecule has 0 radical (unpaired) electrons. The van der Waals surface area contributed by atoms with Gasteiger partial charge in [0.1, 0.15) is 6.10 Å². The number of hydrogen-bond donors (Lipinski definition) is 3. The molecule has 11 heteroatoms. The fourth-order valence-corrected chi connectivity index (χ4v) is 5.81. The summed E-state index contributed by atoms with van der Waals surface area (Å²) in [4.78, 5) is 24.5.